The average Bonchev–Trinajstić information content (AvgIpc) is 2.59. The Kier molecular flexibility index (Phi) is 3.35. The van der Waals surface area contributed by atoms with E-state index < -0.39 is 0 Å². The summed E-state index contributed by atoms with van der Waals surface area (Å²) in [5.41, 5.74) is 10.4. The Labute approximate surface area is 110 Å². The summed E-state index contributed by atoms with van der Waals surface area (Å²) in [6.45, 7) is 6.06. The van der Waals surface area contributed by atoms with Gasteiger partial charge in [-0.05, 0) is 38.5 Å². The van der Waals surface area contributed by atoms with Crippen LogP contribution in [0.2, 0.25) is 0 Å². The van der Waals surface area contributed by atoms with E-state index in [-0.39, 0.29) is 6.04 Å². The highest BCUT2D eigenvalue weighted by molar-refractivity contribution is 9.10. The fraction of sp³-hybridized carbons (Fsp3) is 0.308. The summed E-state index contributed by atoms with van der Waals surface area (Å²) in [4.78, 5) is 4.33. The Hall–Kier alpha value is -1.13. The number of hydrogen-bond donors (Lipinski definition) is 1. The molecular weight excluding hydrogens is 278 g/mol. The molecular formula is C13H16BrN3. The van der Waals surface area contributed by atoms with Crippen molar-refractivity contribution in [3.05, 3.63) is 46.0 Å². The quantitative estimate of drug-likeness (QED) is 0.923. The van der Waals surface area contributed by atoms with Gasteiger partial charge in [-0.2, -0.15) is 0 Å². The summed E-state index contributed by atoms with van der Waals surface area (Å²) in [7, 11) is 0. The maximum Gasteiger partial charge on any atom is 0.0997 e. The van der Waals surface area contributed by atoms with Gasteiger partial charge in [0.05, 0.1) is 17.7 Å². The van der Waals surface area contributed by atoms with Crippen LogP contribution in [0.25, 0.3) is 5.69 Å². The molecule has 2 aromatic rings. The third-order valence-electron chi connectivity index (χ3n) is 2.99. The lowest BCUT2D eigenvalue weighted by molar-refractivity contribution is 0.800. The molecule has 0 aliphatic heterocycles. The third kappa shape index (κ3) is 2.28. The molecule has 0 amide bonds. The van der Waals surface area contributed by atoms with Gasteiger partial charge in [0.15, 0.2) is 0 Å². The van der Waals surface area contributed by atoms with Crippen molar-refractivity contribution in [2.75, 3.05) is 0 Å². The summed E-state index contributed by atoms with van der Waals surface area (Å²) in [5.74, 6) is 0. The number of imidazole rings is 1. The number of halogens is 1. The highest BCUT2D eigenvalue weighted by atomic mass is 79.9. The van der Waals surface area contributed by atoms with E-state index in [4.69, 9.17) is 5.73 Å². The van der Waals surface area contributed by atoms with E-state index in [1.54, 1.807) is 0 Å². The lowest BCUT2D eigenvalue weighted by Crippen LogP contribution is -2.10. The maximum absolute atomic E-state index is 6.01. The van der Waals surface area contributed by atoms with E-state index >= 15 is 0 Å². The highest BCUT2D eigenvalue weighted by Gasteiger charge is 2.12. The van der Waals surface area contributed by atoms with Crippen molar-refractivity contribution in [2.24, 2.45) is 5.73 Å². The Balaban J connectivity index is 2.65. The summed E-state index contributed by atoms with van der Waals surface area (Å²) < 4.78 is 3.13. The lowest BCUT2D eigenvalue weighted by atomic mass is 10.1. The number of benzene rings is 1. The number of nitrogens with two attached hydrogens (primary N) is 1. The van der Waals surface area contributed by atoms with Gasteiger partial charge in [0.2, 0.25) is 0 Å². The third-order valence-corrected chi connectivity index (χ3v) is 3.49. The van der Waals surface area contributed by atoms with Crippen molar-refractivity contribution in [2.45, 2.75) is 26.8 Å². The Morgan fingerprint density at radius 3 is 2.59 bits per heavy atom. The van der Waals surface area contributed by atoms with E-state index in [0.717, 1.165) is 27.1 Å². The van der Waals surface area contributed by atoms with Crippen molar-refractivity contribution in [1.29, 1.82) is 0 Å². The molecule has 0 saturated carbocycles. The van der Waals surface area contributed by atoms with Crippen LogP contribution in [0, 0.1) is 13.8 Å². The Bertz CT molecular complexity index is 544. The fourth-order valence-electron chi connectivity index (χ4n) is 1.85. The largest absolute Gasteiger partial charge is 0.324 e. The number of nitrogens with zero attached hydrogens (tertiary/aromatic N) is 2. The molecule has 0 aliphatic carbocycles. The van der Waals surface area contributed by atoms with Crippen LogP contribution >= 0.6 is 15.9 Å². The summed E-state index contributed by atoms with van der Waals surface area (Å²) >= 11 is 3.50. The van der Waals surface area contributed by atoms with Crippen LogP contribution in [-0.2, 0) is 0 Å². The minimum absolute atomic E-state index is 0.000191. The van der Waals surface area contributed by atoms with Crippen LogP contribution in [0.3, 0.4) is 0 Å². The number of rotatable bonds is 2. The first-order valence-corrected chi connectivity index (χ1v) is 6.36. The molecule has 0 spiro atoms. The molecule has 1 aromatic carbocycles. The van der Waals surface area contributed by atoms with Crippen molar-refractivity contribution in [1.82, 2.24) is 9.55 Å². The van der Waals surface area contributed by atoms with Crippen LogP contribution in [0.1, 0.15) is 29.9 Å². The van der Waals surface area contributed by atoms with Crippen LogP contribution in [0.15, 0.2) is 29.0 Å². The smallest absolute Gasteiger partial charge is 0.0997 e. The van der Waals surface area contributed by atoms with E-state index in [2.05, 4.69) is 44.5 Å². The second kappa shape index (κ2) is 4.63. The molecule has 0 radical (unpaired) electrons. The zero-order valence-corrected chi connectivity index (χ0v) is 11.8. The van der Waals surface area contributed by atoms with Crippen LogP contribution in [-0.4, -0.2) is 9.55 Å². The van der Waals surface area contributed by atoms with Gasteiger partial charge in [-0.1, -0.05) is 22.0 Å². The molecule has 1 heterocycles. The van der Waals surface area contributed by atoms with Crippen LogP contribution < -0.4 is 5.73 Å². The van der Waals surface area contributed by atoms with Gasteiger partial charge in [0, 0.05) is 16.2 Å². The van der Waals surface area contributed by atoms with Gasteiger partial charge in [0.1, 0.15) is 0 Å². The first-order chi connectivity index (χ1) is 8.00. The summed E-state index contributed by atoms with van der Waals surface area (Å²) in [6, 6.07) is 6.15. The molecule has 17 heavy (non-hydrogen) atoms. The maximum atomic E-state index is 6.01. The molecule has 2 rings (SSSR count). The first-order valence-electron chi connectivity index (χ1n) is 5.56. The molecule has 0 fully saturated rings. The molecule has 4 heteroatoms. The van der Waals surface area contributed by atoms with E-state index in [0.29, 0.717) is 0 Å². The first kappa shape index (κ1) is 12.3. The minimum atomic E-state index is 0.000191. The second-order valence-corrected chi connectivity index (χ2v) is 5.19. The summed E-state index contributed by atoms with van der Waals surface area (Å²) in [5, 5.41) is 0. The molecule has 1 atom stereocenters. The summed E-state index contributed by atoms with van der Waals surface area (Å²) in [6.07, 6.45) is 1.85. The van der Waals surface area contributed by atoms with Gasteiger partial charge < -0.3 is 10.3 Å². The normalized spacial score (nSPS) is 12.8. The second-order valence-electron chi connectivity index (χ2n) is 4.28. The molecule has 0 aliphatic rings. The Morgan fingerprint density at radius 1 is 1.35 bits per heavy atom. The number of hydrogen-bond acceptors (Lipinski definition) is 2. The SMILES string of the molecule is Cc1ncn(-c2cc(Br)ccc2C(C)N)c1C. The van der Waals surface area contributed by atoms with Crippen molar-refractivity contribution < 1.29 is 0 Å². The van der Waals surface area contributed by atoms with Gasteiger partial charge in [-0.15, -0.1) is 0 Å². The van der Waals surface area contributed by atoms with Gasteiger partial charge >= 0.3 is 0 Å². The predicted octanol–water partition coefficient (Wildman–Crippen LogP) is 3.27. The highest BCUT2D eigenvalue weighted by Crippen LogP contribution is 2.26. The van der Waals surface area contributed by atoms with E-state index in [9.17, 15) is 0 Å². The van der Waals surface area contributed by atoms with Gasteiger partial charge in [0.25, 0.3) is 0 Å². The monoisotopic (exact) mass is 293 g/mol. The number of aromatic nitrogens is 2. The van der Waals surface area contributed by atoms with Crippen molar-refractivity contribution in [3.8, 4) is 5.69 Å². The number of aryl methyl sites for hydroxylation is 1. The molecule has 2 N–H and O–H groups in total. The van der Waals surface area contributed by atoms with E-state index in [1.165, 1.54) is 0 Å². The predicted molar refractivity (Wildman–Crippen MR) is 73.3 cm³/mol. The molecule has 3 nitrogen and oxygen atoms in total. The standard InChI is InChI=1S/C13H16BrN3/c1-8(15)12-5-4-11(14)6-13(12)17-7-16-9(2)10(17)3/h4-8H,15H2,1-3H3. The fourth-order valence-corrected chi connectivity index (χ4v) is 2.20. The lowest BCUT2D eigenvalue weighted by Gasteiger charge is -2.15. The Morgan fingerprint density at radius 2 is 2.06 bits per heavy atom. The van der Waals surface area contributed by atoms with Crippen molar-refractivity contribution >= 4 is 15.9 Å². The topological polar surface area (TPSA) is 43.8 Å². The molecule has 0 saturated heterocycles. The van der Waals surface area contributed by atoms with Crippen molar-refractivity contribution in [3.63, 3.8) is 0 Å². The molecule has 1 aromatic heterocycles. The molecule has 0 bridgehead atoms. The van der Waals surface area contributed by atoms with E-state index in [1.807, 2.05) is 26.2 Å². The minimum Gasteiger partial charge on any atom is -0.324 e. The molecule has 1 unspecified atom stereocenters. The molecule has 90 valence electrons. The van der Waals surface area contributed by atoms with Crippen LogP contribution in [0.5, 0.6) is 0 Å². The zero-order valence-electron chi connectivity index (χ0n) is 10.2. The average molecular weight is 294 g/mol. The zero-order chi connectivity index (χ0) is 12.6. The van der Waals surface area contributed by atoms with Gasteiger partial charge in [-0.25, -0.2) is 4.98 Å². The van der Waals surface area contributed by atoms with Gasteiger partial charge in [-0.3, -0.25) is 0 Å². The van der Waals surface area contributed by atoms with Crippen LogP contribution in [0.4, 0.5) is 0 Å².